The van der Waals surface area contributed by atoms with E-state index < -0.39 is 0 Å². The maximum Gasteiger partial charge on any atom is 0.131 e. The summed E-state index contributed by atoms with van der Waals surface area (Å²) in [4.78, 5) is 5.73. The van der Waals surface area contributed by atoms with Crippen LogP contribution < -0.4 is 5.32 Å². The smallest absolute Gasteiger partial charge is 0.131 e. The molecule has 1 atom stereocenters. The van der Waals surface area contributed by atoms with Crippen molar-refractivity contribution in [3.8, 4) is 0 Å². The Morgan fingerprint density at radius 1 is 1.53 bits per heavy atom. The van der Waals surface area contributed by atoms with Crippen molar-refractivity contribution in [3.05, 3.63) is 40.6 Å². The summed E-state index contributed by atoms with van der Waals surface area (Å²) in [7, 11) is 3.76. The van der Waals surface area contributed by atoms with E-state index in [1.54, 1.807) is 18.4 Å². The van der Waals surface area contributed by atoms with Gasteiger partial charge in [0.2, 0.25) is 0 Å². The zero-order valence-electron chi connectivity index (χ0n) is 11.9. The predicted octanol–water partition coefficient (Wildman–Crippen LogP) is 2.59. The molecule has 4 nitrogen and oxygen atoms in total. The van der Waals surface area contributed by atoms with Crippen LogP contribution in [0.15, 0.2) is 29.9 Å². The van der Waals surface area contributed by atoms with Gasteiger partial charge in [-0.3, -0.25) is 0 Å². The molecule has 5 heteroatoms. The Labute approximate surface area is 118 Å². The first-order chi connectivity index (χ1) is 9.03. The van der Waals surface area contributed by atoms with Gasteiger partial charge in [0.05, 0.1) is 5.60 Å². The highest BCUT2D eigenvalue weighted by Crippen LogP contribution is 2.25. The molecule has 19 heavy (non-hydrogen) atoms. The van der Waals surface area contributed by atoms with E-state index in [2.05, 4.69) is 46.2 Å². The Kier molecular flexibility index (Phi) is 4.39. The van der Waals surface area contributed by atoms with Gasteiger partial charge in [0.1, 0.15) is 11.9 Å². The zero-order chi connectivity index (χ0) is 13.9. The number of nitrogens with zero attached hydrogens (tertiary/aromatic N) is 2. The Hall–Kier alpha value is -1.17. The second kappa shape index (κ2) is 5.86. The lowest BCUT2D eigenvalue weighted by atomic mass is 10.1. The van der Waals surface area contributed by atoms with Gasteiger partial charge < -0.3 is 14.6 Å². The number of rotatable bonds is 6. The summed E-state index contributed by atoms with van der Waals surface area (Å²) in [5.74, 6) is 1.02. The Bertz CT molecular complexity index is 505. The summed E-state index contributed by atoms with van der Waals surface area (Å²) in [6.07, 6.45) is 3.80. The van der Waals surface area contributed by atoms with Gasteiger partial charge in [-0.2, -0.15) is 0 Å². The van der Waals surface area contributed by atoms with Gasteiger partial charge in [-0.15, -0.1) is 11.3 Å². The normalized spacial score (nSPS) is 13.7. The van der Waals surface area contributed by atoms with Crippen molar-refractivity contribution in [2.24, 2.45) is 7.05 Å². The third-order valence-electron chi connectivity index (χ3n) is 3.23. The summed E-state index contributed by atoms with van der Waals surface area (Å²) in [5.41, 5.74) is -0.194. The van der Waals surface area contributed by atoms with E-state index >= 15 is 0 Å². The van der Waals surface area contributed by atoms with Gasteiger partial charge in [-0.1, -0.05) is 6.07 Å². The third kappa shape index (κ3) is 3.43. The number of nitrogens with one attached hydrogen (secondary N) is 1. The molecule has 1 unspecified atom stereocenters. The molecule has 1 N–H and O–H groups in total. The standard InChI is InChI=1S/C14H21N3OS/c1-14(2,18-4)10-16-12(11-6-5-9-19-11)13-15-7-8-17(13)3/h5-9,12,16H,10H2,1-4H3. The number of aryl methyl sites for hydroxylation is 1. The molecule has 0 aliphatic carbocycles. The fraction of sp³-hybridized carbons (Fsp3) is 0.500. The number of thiophene rings is 1. The van der Waals surface area contributed by atoms with Gasteiger partial charge in [-0.25, -0.2) is 4.98 Å². The molecular formula is C14H21N3OS. The molecule has 0 amide bonds. The molecule has 2 aromatic heterocycles. The van der Waals surface area contributed by atoms with Crippen LogP contribution in [0, 0.1) is 0 Å². The van der Waals surface area contributed by atoms with Crippen molar-refractivity contribution in [3.63, 3.8) is 0 Å². The van der Waals surface area contributed by atoms with Crippen LogP contribution in [0.2, 0.25) is 0 Å². The molecule has 0 aromatic carbocycles. The zero-order valence-corrected chi connectivity index (χ0v) is 12.7. The molecule has 104 valence electrons. The molecule has 2 aromatic rings. The molecule has 0 bridgehead atoms. The average molecular weight is 279 g/mol. The van der Waals surface area contributed by atoms with E-state index in [1.807, 2.05) is 19.4 Å². The molecule has 0 aliphatic rings. The number of hydrogen-bond acceptors (Lipinski definition) is 4. The molecular weight excluding hydrogens is 258 g/mol. The highest BCUT2D eigenvalue weighted by atomic mass is 32.1. The molecule has 0 radical (unpaired) electrons. The van der Waals surface area contributed by atoms with Crippen molar-refractivity contribution in [1.82, 2.24) is 14.9 Å². The third-order valence-corrected chi connectivity index (χ3v) is 4.17. The molecule has 0 aliphatic heterocycles. The van der Waals surface area contributed by atoms with Crippen LogP contribution >= 0.6 is 11.3 Å². The van der Waals surface area contributed by atoms with E-state index in [4.69, 9.17) is 4.74 Å². The lowest BCUT2D eigenvalue weighted by Gasteiger charge is -2.26. The maximum absolute atomic E-state index is 5.47. The van der Waals surface area contributed by atoms with Crippen LogP contribution in [-0.4, -0.2) is 28.8 Å². The lowest BCUT2D eigenvalue weighted by molar-refractivity contribution is 0.0217. The van der Waals surface area contributed by atoms with E-state index in [0.29, 0.717) is 0 Å². The SMILES string of the molecule is COC(C)(C)CNC(c1cccs1)c1nccn1C. The second-order valence-electron chi connectivity index (χ2n) is 5.19. The second-order valence-corrected chi connectivity index (χ2v) is 6.17. The van der Waals surface area contributed by atoms with E-state index in [9.17, 15) is 0 Å². The molecule has 0 spiro atoms. The number of methoxy groups -OCH3 is 1. The van der Waals surface area contributed by atoms with Crippen molar-refractivity contribution in [2.45, 2.75) is 25.5 Å². The van der Waals surface area contributed by atoms with Crippen LogP contribution in [-0.2, 0) is 11.8 Å². The number of aromatic nitrogens is 2. The largest absolute Gasteiger partial charge is 0.377 e. The van der Waals surface area contributed by atoms with Crippen LogP contribution in [0.4, 0.5) is 0 Å². The monoisotopic (exact) mass is 279 g/mol. The van der Waals surface area contributed by atoms with Crippen molar-refractivity contribution in [2.75, 3.05) is 13.7 Å². The van der Waals surface area contributed by atoms with Crippen LogP contribution in [0.3, 0.4) is 0 Å². The molecule has 0 saturated carbocycles. The van der Waals surface area contributed by atoms with Crippen molar-refractivity contribution >= 4 is 11.3 Å². The first kappa shape index (κ1) is 14.2. The molecule has 0 saturated heterocycles. The van der Waals surface area contributed by atoms with Gasteiger partial charge in [0.15, 0.2) is 0 Å². The Morgan fingerprint density at radius 2 is 2.32 bits per heavy atom. The highest BCUT2D eigenvalue weighted by Gasteiger charge is 2.23. The lowest BCUT2D eigenvalue weighted by Crippen LogP contribution is -2.39. The fourth-order valence-corrected chi connectivity index (χ4v) is 2.65. The van der Waals surface area contributed by atoms with E-state index in [1.165, 1.54) is 4.88 Å². The first-order valence-corrected chi connectivity index (χ1v) is 7.20. The average Bonchev–Trinajstić information content (AvgIpc) is 3.02. The van der Waals surface area contributed by atoms with Crippen molar-refractivity contribution in [1.29, 1.82) is 0 Å². The van der Waals surface area contributed by atoms with Crippen molar-refractivity contribution < 1.29 is 4.74 Å². The molecule has 2 heterocycles. The summed E-state index contributed by atoms with van der Waals surface area (Å²) in [6, 6.07) is 4.31. The van der Waals surface area contributed by atoms with Gasteiger partial charge in [0, 0.05) is 38.0 Å². The number of ether oxygens (including phenoxy) is 1. The summed E-state index contributed by atoms with van der Waals surface area (Å²) in [6.45, 7) is 4.91. The number of imidazole rings is 1. The first-order valence-electron chi connectivity index (χ1n) is 6.32. The topological polar surface area (TPSA) is 39.1 Å². The highest BCUT2D eigenvalue weighted by molar-refractivity contribution is 7.10. The Balaban J connectivity index is 2.19. The van der Waals surface area contributed by atoms with Crippen LogP contribution in [0.25, 0.3) is 0 Å². The maximum atomic E-state index is 5.47. The minimum absolute atomic E-state index is 0.106. The van der Waals surface area contributed by atoms with Gasteiger partial charge in [0.25, 0.3) is 0 Å². The quantitative estimate of drug-likeness (QED) is 0.883. The van der Waals surface area contributed by atoms with Gasteiger partial charge >= 0.3 is 0 Å². The predicted molar refractivity (Wildman–Crippen MR) is 78.5 cm³/mol. The minimum Gasteiger partial charge on any atom is -0.377 e. The van der Waals surface area contributed by atoms with E-state index in [-0.39, 0.29) is 11.6 Å². The summed E-state index contributed by atoms with van der Waals surface area (Å²) in [5, 5.41) is 5.65. The molecule has 0 fully saturated rings. The minimum atomic E-state index is -0.194. The summed E-state index contributed by atoms with van der Waals surface area (Å²) >= 11 is 1.74. The van der Waals surface area contributed by atoms with Crippen LogP contribution in [0.5, 0.6) is 0 Å². The fourth-order valence-electron chi connectivity index (χ4n) is 1.85. The Morgan fingerprint density at radius 3 is 2.84 bits per heavy atom. The van der Waals surface area contributed by atoms with Crippen LogP contribution in [0.1, 0.15) is 30.6 Å². The number of hydrogen-bond donors (Lipinski definition) is 1. The molecule has 2 rings (SSSR count). The van der Waals surface area contributed by atoms with Gasteiger partial charge in [-0.05, 0) is 25.3 Å². The summed E-state index contributed by atoms with van der Waals surface area (Å²) < 4.78 is 7.52. The van der Waals surface area contributed by atoms with E-state index in [0.717, 1.165) is 12.4 Å².